The van der Waals surface area contributed by atoms with Gasteiger partial charge in [0.1, 0.15) is 5.75 Å². The van der Waals surface area contributed by atoms with Crippen LogP contribution in [0.2, 0.25) is 0 Å². The van der Waals surface area contributed by atoms with Gasteiger partial charge in [0.05, 0.1) is 5.56 Å². The number of phenols is 1. The molecule has 0 amide bonds. The molecule has 0 unspecified atom stereocenters. The molecule has 0 fully saturated rings. The quantitative estimate of drug-likeness (QED) is 0.861. The lowest BCUT2D eigenvalue weighted by Crippen LogP contribution is -2.03. The molecule has 0 atom stereocenters. The Hall–Kier alpha value is -2.43. The normalized spacial score (nSPS) is 10.3. The Morgan fingerprint density at radius 1 is 1.06 bits per heavy atom. The summed E-state index contributed by atoms with van der Waals surface area (Å²) in [4.78, 5) is 10.6. The first-order chi connectivity index (χ1) is 8.50. The van der Waals surface area contributed by atoms with E-state index in [9.17, 15) is 18.7 Å². The van der Waals surface area contributed by atoms with Crippen molar-refractivity contribution in [3.63, 3.8) is 0 Å². The molecule has 2 aromatic rings. The summed E-state index contributed by atoms with van der Waals surface area (Å²) >= 11 is 0. The zero-order chi connectivity index (χ0) is 13.3. The molecule has 0 aromatic heterocycles. The first-order valence-corrected chi connectivity index (χ1v) is 5.01. The number of hydrogen-bond acceptors (Lipinski definition) is 2. The molecule has 3 nitrogen and oxygen atoms in total. The molecule has 0 saturated heterocycles. The standard InChI is InChI=1S/C13H8F2O3/c14-11-9(7-2-1-3-8(16)6-7)4-5-10(12(11)15)13(17)18/h1-6,16H,(H,17,18). The second kappa shape index (κ2) is 4.44. The molecule has 5 heteroatoms. The van der Waals surface area contributed by atoms with E-state index >= 15 is 0 Å². The molecule has 0 saturated carbocycles. The van der Waals surface area contributed by atoms with E-state index in [-0.39, 0.29) is 16.9 Å². The van der Waals surface area contributed by atoms with Crippen molar-refractivity contribution in [3.8, 4) is 16.9 Å². The van der Waals surface area contributed by atoms with Crippen molar-refractivity contribution in [1.29, 1.82) is 0 Å². The maximum atomic E-state index is 13.7. The lowest BCUT2D eigenvalue weighted by Gasteiger charge is -2.06. The van der Waals surface area contributed by atoms with Crippen LogP contribution in [-0.2, 0) is 0 Å². The van der Waals surface area contributed by atoms with Crippen molar-refractivity contribution in [3.05, 3.63) is 53.6 Å². The van der Waals surface area contributed by atoms with Gasteiger partial charge in [0.2, 0.25) is 0 Å². The summed E-state index contributed by atoms with van der Waals surface area (Å²) in [5.41, 5.74) is -0.562. The topological polar surface area (TPSA) is 57.5 Å². The maximum absolute atomic E-state index is 13.7. The number of phenolic OH excluding ortho intramolecular Hbond substituents is 1. The van der Waals surface area contributed by atoms with Gasteiger partial charge < -0.3 is 10.2 Å². The van der Waals surface area contributed by atoms with Gasteiger partial charge >= 0.3 is 5.97 Å². The van der Waals surface area contributed by atoms with Crippen LogP contribution in [0.1, 0.15) is 10.4 Å². The van der Waals surface area contributed by atoms with Gasteiger partial charge in [-0.1, -0.05) is 18.2 Å². The maximum Gasteiger partial charge on any atom is 0.338 e. The van der Waals surface area contributed by atoms with Crippen molar-refractivity contribution in [1.82, 2.24) is 0 Å². The van der Waals surface area contributed by atoms with Gasteiger partial charge in [-0.3, -0.25) is 0 Å². The molecule has 2 N–H and O–H groups in total. The fourth-order valence-corrected chi connectivity index (χ4v) is 1.61. The first kappa shape index (κ1) is 12.0. The average Bonchev–Trinajstić information content (AvgIpc) is 2.32. The highest BCUT2D eigenvalue weighted by Gasteiger charge is 2.18. The van der Waals surface area contributed by atoms with Crippen LogP contribution < -0.4 is 0 Å². The highest BCUT2D eigenvalue weighted by molar-refractivity contribution is 5.88. The minimum atomic E-state index is -1.53. The van der Waals surface area contributed by atoms with Gasteiger partial charge in [-0.15, -0.1) is 0 Å². The number of carboxylic acids is 1. The molecule has 2 aromatic carbocycles. The Kier molecular flexibility index (Phi) is 2.97. The SMILES string of the molecule is O=C(O)c1ccc(-c2cccc(O)c2)c(F)c1F. The summed E-state index contributed by atoms with van der Waals surface area (Å²) in [7, 11) is 0. The predicted molar refractivity (Wildman–Crippen MR) is 60.4 cm³/mol. The number of rotatable bonds is 2. The second-order valence-corrected chi connectivity index (χ2v) is 3.64. The van der Waals surface area contributed by atoms with Gasteiger partial charge in [0.25, 0.3) is 0 Å². The molecule has 0 aliphatic rings. The van der Waals surface area contributed by atoms with Crippen molar-refractivity contribution < 1.29 is 23.8 Å². The largest absolute Gasteiger partial charge is 0.508 e. The molecule has 18 heavy (non-hydrogen) atoms. The van der Waals surface area contributed by atoms with E-state index in [0.717, 1.165) is 12.1 Å². The highest BCUT2D eigenvalue weighted by Crippen LogP contribution is 2.28. The Morgan fingerprint density at radius 2 is 1.78 bits per heavy atom. The molecule has 0 spiro atoms. The van der Waals surface area contributed by atoms with E-state index in [1.54, 1.807) is 0 Å². The third kappa shape index (κ3) is 2.02. The Labute approximate surface area is 101 Å². The Morgan fingerprint density at radius 3 is 2.39 bits per heavy atom. The van der Waals surface area contributed by atoms with E-state index < -0.39 is 23.2 Å². The van der Waals surface area contributed by atoms with Crippen LogP contribution >= 0.6 is 0 Å². The molecule has 0 bridgehead atoms. The molecule has 92 valence electrons. The first-order valence-electron chi connectivity index (χ1n) is 5.01. The van der Waals surface area contributed by atoms with Gasteiger partial charge in [0.15, 0.2) is 11.6 Å². The van der Waals surface area contributed by atoms with Crippen molar-refractivity contribution in [2.24, 2.45) is 0 Å². The number of aromatic carboxylic acids is 1. The minimum absolute atomic E-state index is 0.0883. The van der Waals surface area contributed by atoms with E-state index in [2.05, 4.69) is 0 Å². The van der Waals surface area contributed by atoms with Gasteiger partial charge in [-0.05, 0) is 23.8 Å². The van der Waals surface area contributed by atoms with Crippen molar-refractivity contribution >= 4 is 5.97 Å². The molecule has 0 aliphatic heterocycles. The molecule has 0 aliphatic carbocycles. The fraction of sp³-hybridized carbons (Fsp3) is 0. The van der Waals surface area contributed by atoms with Crippen LogP contribution in [0.3, 0.4) is 0 Å². The molecule has 0 heterocycles. The van der Waals surface area contributed by atoms with Crippen LogP contribution in [0, 0.1) is 11.6 Å². The summed E-state index contributed by atoms with van der Waals surface area (Å²) < 4.78 is 27.2. The highest BCUT2D eigenvalue weighted by atomic mass is 19.2. The Bertz CT molecular complexity index is 624. The van der Waals surface area contributed by atoms with Gasteiger partial charge in [-0.2, -0.15) is 0 Å². The minimum Gasteiger partial charge on any atom is -0.508 e. The number of hydrogen-bond donors (Lipinski definition) is 2. The van der Waals surface area contributed by atoms with Crippen LogP contribution in [0.25, 0.3) is 11.1 Å². The second-order valence-electron chi connectivity index (χ2n) is 3.64. The summed E-state index contributed by atoms with van der Waals surface area (Å²) in [5, 5.41) is 17.9. The van der Waals surface area contributed by atoms with Crippen LogP contribution in [0.5, 0.6) is 5.75 Å². The van der Waals surface area contributed by atoms with Crippen molar-refractivity contribution in [2.75, 3.05) is 0 Å². The van der Waals surface area contributed by atoms with Crippen molar-refractivity contribution in [2.45, 2.75) is 0 Å². The van der Waals surface area contributed by atoms with Gasteiger partial charge in [0, 0.05) is 5.56 Å². The number of halogens is 2. The number of aromatic hydroxyl groups is 1. The number of carboxylic acid groups (broad SMARTS) is 1. The Balaban J connectivity index is 2.61. The molecule has 0 radical (unpaired) electrons. The molecular formula is C13H8F2O3. The monoisotopic (exact) mass is 250 g/mol. The summed E-state index contributed by atoms with van der Waals surface area (Å²) in [6.45, 7) is 0. The zero-order valence-corrected chi connectivity index (χ0v) is 9.02. The van der Waals surface area contributed by atoms with Gasteiger partial charge in [-0.25, -0.2) is 13.6 Å². The lowest BCUT2D eigenvalue weighted by atomic mass is 10.0. The third-order valence-electron chi connectivity index (χ3n) is 2.47. The number of benzene rings is 2. The fourth-order valence-electron chi connectivity index (χ4n) is 1.61. The van der Waals surface area contributed by atoms with E-state index in [1.165, 1.54) is 24.3 Å². The molecule has 2 rings (SSSR count). The molecular weight excluding hydrogens is 242 g/mol. The van der Waals surface area contributed by atoms with E-state index in [4.69, 9.17) is 5.11 Å². The summed E-state index contributed by atoms with van der Waals surface area (Å²) in [6, 6.07) is 7.77. The average molecular weight is 250 g/mol. The zero-order valence-electron chi connectivity index (χ0n) is 9.02. The predicted octanol–water partition coefficient (Wildman–Crippen LogP) is 3.04. The van der Waals surface area contributed by atoms with Crippen LogP contribution in [0.15, 0.2) is 36.4 Å². The summed E-state index contributed by atoms with van der Waals surface area (Å²) in [5.74, 6) is -4.28. The van der Waals surface area contributed by atoms with E-state index in [1.807, 2.05) is 0 Å². The smallest absolute Gasteiger partial charge is 0.338 e. The third-order valence-corrected chi connectivity index (χ3v) is 2.47. The van der Waals surface area contributed by atoms with Crippen LogP contribution in [0.4, 0.5) is 8.78 Å². The van der Waals surface area contributed by atoms with E-state index in [0.29, 0.717) is 0 Å². The number of carbonyl (C=O) groups is 1. The van der Waals surface area contributed by atoms with Crippen LogP contribution in [-0.4, -0.2) is 16.2 Å². The lowest BCUT2D eigenvalue weighted by molar-refractivity contribution is 0.0690. The summed E-state index contributed by atoms with van der Waals surface area (Å²) in [6.07, 6.45) is 0.